The summed E-state index contributed by atoms with van der Waals surface area (Å²) in [6, 6.07) is 6.28. The van der Waals surface area contributed by atoms with Crippen LogP contribution in [-0.4, -0.2) is 17.9 Å². The first-order valence-corrected chi connectivity index (χ1v) is 4.72. The summed E-state index contributed by atoms with van der Waals surface area (Å²) in [5.41, 5.74) is 1.55. The molecule has 0 unspecified atom stereocenters. The molecule has 1 heterocycles. The molecule has 4 heteroatoms. The van der Waals surface area contributed by atoms with Crippen LogP contribution < -0.4 is 10.0 Å². The number of aliphatic carboxylic acids is 1. The molecule has 0 N–H and O–H groups in total. The molecule has 0 aliphatic carbocycles. The van der Waals surface area contributed by atoms with Crippen LogP contribution in [0.2, 0.25) is 0 Å². The highest BCUT2D eigenvalue weighted by atomic mass is 16.4. The average Bonchev–Trinajstić information content (AvgIpc) is 2.52. The Bertz CT molecular complexity index is 428. The predicted molar refractivity (Wildman–Crippen MR) is 52.1 cm³/mol. The Morgan fingerprint density at radius 3 is 2.80 bits per heavy atom. The van der Waals surface area contributed by atoms with E-state index in [9.17, 15) is 14.7 Å². The number of carbonyl (C=O) groups is 2. The molecule has 1 aliphatic rings. The number of hydrogen-bond donors (Lipinski definition) is 0. The zero-order valence-electron chi connectivity index (χ0n) is 8.27. The fourth-order valence-corrected chi connectivity index (χ4v) is 1.81. The largest absolute Gasteiger partial charge is 0.548 e. The van der Waals surface area contributed by atoms with E-state index < -0.39 is 12.0 Å². The van der Waals surface area contributed by atoms with Gasteiger partial charge in [-0.05, 0) is 18.6 Å². The van der Waals surface area contributed by atoms with Gasteiger partial charge < -0.3 is 14.8 Å². The highest BCUT2D eigenvalue weighted by Gasteiger charge is 2.30. The van der Waals surface area contributed by atoms with Crippen LogP contribution in [0.25, 0.3) is 0 Å². The van der Waals surface area contributed by atoms with Crippen LogP contribution in [0.15, 0.2) is 24.3 Å². The summed E-state index contributed by atoms with van der Waals surface area (Å²) in [4.78, 5) is 23.6. The Balaban J connectivity index is 2.42. The second kappa shape index (κ2) is 3.38. The van der Waals surface area contributed by atoms with Crippen molar-refractivity contribution in [3.63, 3.8) is 0 Å². The molecule has 0 radical (unpaired) electrons. The lowest BCUT2D eigenvalue weighted by Crippen LogP contribution is -2.47. The lowest BCUT2D eigenvalue weighted by molar-refractivity contribution is -0.306. The van der Waals surface area contributed by atoms with Crippen molar-refractivity contribution in [3.05, 3.63) is 29.8 Å². The lowest BCUT2D eigenvalue weighted by atomic mass is 10.2. The van der Waals surface area contributed by atoms with Gasteiger partial charge in [0, 0.05) is 5.69 Å². The zero-order valence-corrected chi connectivity index (χ0v) is 8.27. The first-order chi connectivity index (χ1) is 7.11. The van der Waals surface area contributed by atoms with Gasteiger partial charge in [-0.25, -0.2) is 0 Å². The van der Waals surface area contributed by atoms with Crippen molar-refractivity contribution in [3.8, 4) is 0 Å². The second-order valence-corrected chi connectivity index (χ2v) is 3.56. The van der Waals surface area contributed by atoms with Crippen molar-refractivity contribution >= 4 is 17.6 Å². The third-order valence-corrected chi connectivity index (χ3v) is 2.59. The van der Waals surface area contributed by atoms with Gasteiger partial charge in [0.15, 0.2) is 0 Å². The molecule has 78 valence electrons. The van der Waals surface area contributed by atoms with Gasteiger partial charge in [-0.15, -0.1) is 0 Å². The molecule has 2 rings (SSSR count). The van der Waals surface area contributed by atoms with Crippen molar-refractivity contribution in [2.24, 2.45) is 0 Å². The van der Waals surface area contributed by atoms with Crippen molar-refractivity contribution < 1.29 is 14.7 Å². The van der Waals surface area contributed by atoms with Crippen LogP contribution in [0.1, 0.15) is 12.5 Å². The molecular formula is C11H10NO3-. The number of rotatable bonds is 2. The van der Waals surface area contributed by atoms with Gasteiger partial charge in [-0.3, -0.25) is 4.79 Å². The fraction of sp³-hybridized carbons (Fsp3) is 0.273. The zero-order chi connectivity index (χ0) is 11.0. The lowest BCUT2D eigenvalue weighted by Gasteiger charge is -2.25. The monoisotopic (exact) mass is 204 g/mol. The molecule has 1 aliphatic heterocycles. The number of amides is 1. The summed E-state index contributed by atoms with van der Waals surface area (Å²) >= 11 is 0. The van der Waals surface area contributed by atoms with E-state index in [1.165, 1.54) is 11.8 Å². The molecule has 15 heavy (non-hydrogen) atoms. The van der Waals surface area contributed by atoms with E-state index in [2.05, 4.69) is 0 Å². The van der Waals surface area contributed by atoms with E-state index in [0.717, 1.165) is 5.56 Å². The number of para-hydroxylation sites is 1. The topological polar surface area (TPSA) is 60.4 Å². The minimum atomic E-state index is -1.24. The SMILES string of the molecule is C[C@@H](C(=O)[O-])N1C(=O)Cc2ccccc21. The summed E-state index contributed by atoms with van der Waals surface area (Å²) in [6.45, 7) is 1.45. The highest BCUT2D eigenvalue weighted by Crippen LogP contribution is 2.29. The van der Waals surface area contributed by atoms with E-state index in [1.807, 2.05) is 12.1 Å². The smallest absolute Gasteiger partial charge is 0.232 e. The Morgan fingerprint density at radius 1 is 1.47 bits per heavy atom. The number of carboxylic acids is 1. The first kappa shape index (κ1) is 9.71. The van der Waals surface area contributed by atoms with Gasteiger partial charge in [-0.2, -0.15) is 0 Å². The molecule has 0 aromatic heterocycles. The van der Waals surface area contributed by atoms with Gasteiger partial charge in [0.05, 0.1) is 18.4 Å². The van der Waals surface area contributed by atoms with E-state index in [1.54, 1.807) is 12.1 Å². The molecular weight excluding hydrogens is 194 g/mol. The number of fused-ring (bicyclic) bond motifs is 1. The van der Waals surface area contributed by atoms with Gasteiger partial charge in [-0.1, -0.05) is 18.2 Å². The van der Waals surface area contributed by atoms with Gasteiger partial charge in [0.1, 0.15) is 0 Å². The number of hydrogen-bond acceptors (Lipinski definition) is 3. The maximum absolute atomic E-state index is 11.6. The molecule has 1 atom stereocenters. The minimum absolute atomic E-state index is 0.187. The summed E-state index contributed by atoms with van der Waals surface area (Å²) in [5.74, 6) is -1.42. The Labute approximate surface area is 87.1 Å². The Hall–Kier alpha value is -1.84. The molecule has 0 spiro atoms. The van der Waals surface area contributed by atoms with Gasteiger partial charge in [0.25, 0.3) is 0 Å². The molecule has 1 aromatic carbocycles. The number of nitrogens with zero attached hydrogens (tertiary/aromatic N) is 1. The summed E-state index contributed by atoms with van der Waals surface area (Å²) in [5, 5.41) is 10.7. The van der Waals surface area contributed by atoms with E-state index in [4.69, 9.17) is 0 Å². The third kappa shape index (κ3) is 1.48. The number of benzene rings is 1. The summed E-state index contributed by atoms with van der Waals surface area (Å²) < 4.78 is 0. The predicted octanol–water partition coefficient (Wildman–Crippen LogP) is -0.286. The maximum atomic E-state index is 11.6. The molecule has 0 fully saturated rings. The Morgan fingerprint density at radius 2 is 2.13 bits per heavy atom. The molecule has 0 saturated carbocycles. The van der Waals surface area contributed by atoms with Crippen molar-refractivity contribution in [2.75, 3.05) is 4.90 Å². The average molecular weight is 204 g/mol. The van der Waals surface area contributed by atoms with Crippen molar-refractivity contribution in [1.82, 2.24) is 0 Å². The van der Waals surface area contributed by atoms with Crippen LogP contribution >= 0.6 is 0 Å². The quantitative estimate of drug-likeness (QED) is 0.665. The van der Waals surface area contributed by atoms with Crippen LogP contribution in [0, 0.1) is 0 Å². The third-order valence-electron chi connectivity index (χ3n) is 2.59. The Kier molecular flexibility index (Phi) is 2.19. The van der Waals surface area contributed by atoms with Crippen LogP contribution in [-0.2, 0) is 16.0 Å². The molecule has 4 nitrogen and oxygen atoms in total. The van der Waals surface area contributed by atoms with Crippen LogP contribution in [0.4, 0.5) is 5.69 Å². The molecule has 1 amide bonds. The molecule has 0 bridgehead atoms. The molecule has 0 saturated heterocycles. The minimum Gasteiger partial charge on any atom is -0.548 e. The normalized spacial score (nSPS) is 16.3. The van der Waals surface area contributed by atoms with E-state index in [-0.39, 0.29) is 12.3 Å². The number of anilines is 1. The highest BCUT2D eigenvalue weighted by molar-refractivity contribution is 6.05. The maximum Gasteiger partial charge on any atom is 0.232 e. The summed E-state index contributed by atoms with van der Waals surface area (Å²) in [6.07, 6.45) is 0.272. The fourth-order valence-electron chi connectivity index (χ4n) is 1.81. The van der Waals surface area contributed by atoms with Gasteiger partial charge >= 0.3 is 0 Å². The second-order valence-electron chi connectivity index (χ2n) is 3.56. The number of carboxylic acid groups (broad SMARTS) is 1. The van der Waals surface area contributed by atoms with Crippen molar-refractivity contribution in [2.45, 2.75) is 19.4 Å². The van der Waals surface area contributed by atoms with E-state index >= 15 is 0 Å². The first-order valence-electron chi connectivity index (χ1n) is 4.72. The molecule has 1 aromatic rings. The summed E-state index contributed by atoms with van der Waals surface area (Å²) in [7, 11) is 0. The van der Waals surface area contributed by atoms with Crippen molar-refractivity contribution in [1.29, 1.82) is 0 Å². The standard InChI is InChI=1S/C11H11NO3/c1-7(11(14)15)12-9-5-3-2-4-8(9)6-10(12)13/h2-5,7H,6H2,1H3,(H,14,15)/p-1/t7-/m0/s1. The van der Waals surface area contributed by atoms with Crippen LogP contribution in [0.5, 0.6) is 0 Å². The van der Waals surface area contributed by atoms with Gasteiger partial charge in [0.2, 0.25) is 5.91 Å². The number of carbonyl (C=O) groups excluding carboxylic acids is 2. The van der Waals surface area contributed by atoms with E-state index in [0.29, 0.717) is 5.69 Å². The van der Waals surface area contributed by atoms with Crippen LogP contribution in [0.3, 0.4) is 0 Å².